The van der Waals surface area contributed by atoms with E-state index in [1.807, 2.05) is 0 Å². The Kier molecular flexibility index (Phi) is 5.03. The fourth-order valence-electron chi connectivity index (χ4n) is 0.690. The van der Waals surface area contributed by atoms with Gasteiger partial charge in [0.1, 0.15) is 5.60 Å². The van der Waals surface area contributed by atoms with E-state index in [0.29, 0.717) is 0 Å². The van der Waals surface area contributed by atoms with Crippen molar-refractivity contribution < 1.29 is 14.3 Å². The van der Waals surface area contributed by atoms with E-state index in [4.69, 9.17) is 10.6 Å². The first-order valence-electron chi connectivity index (χ1n) is 4.44. The van der Waals surface area contributed by atoms with Gasteiger partial charge in [0.2, 0.25) is 0 Å². The lowest BCUT2D eigenvalue weighted by molar-refractivity contribution is -0.123. The fraction of sp³-hybridized carbons (Fsp3) is 0.750. The molecule has 0 aromatic carbocycles. The molecule has 0 radical (unpaired) electrons. The molecule has 15 heavy (non-hydrogen) atoms. The summed E-state index contributed by atoms with van der Waals surface area (Å²) in [6.07, 6.45) is -0.712. The SMILES string of the molecule is CN(N)CC(=O)NNC(=O)OC(C)(C)C. The highest BCUT2D eigenvalue weighted by Crippen LogP contribution is 2.05. The molecular weight excluding hydrogens is 200 g/mol. The average Bonchev–Trinajstić information content (AvgIpc) is 1.96. The lowest BCUT2D eigenvalue weighted by atomic mass is 10.2. The van der Waals surface area contributed by atoms with Gasteiger partial charge in [-0.05, 0) is 20.8 Å². The van der Waals surface area contributed by atoms with Crippen LogP contribution in [0.5, 0.6) is 0 Å². The Labute approximate surface area is 88.9 Å². The standard InChI is InChI=1S/C8H18N4O3/c1-8(2,3)15-7(14)11-10-6(13)5-12(4)9/h5,9H2,1-4H3,(H,10,13)(H,11,14). The molecule has 0 fully saturated rings. The number of rotatable bonds is 2. The highest BCUT2D eigenvalue weighted by Gasteiger charge is 2.16. The Balaban J connectivity index is 3.77. The van der Waals surface area contributed by atoms with E-state index in [1.54, 1.807) is 20.8 Å². The molecule has 0 saturated heterocycles. The molecule has 0 unspecified atom stereocenters. The highest BCUT2D eigenvalue weighted by atomic mass is 16.6. The van der Waals surface area contributed by atoms with Crippen LogP contribution < -0.4 is 16.7 Å². The molecule has 88 valence electrons. The molecule has 0 aliphatic rings. The molecule has 7 heteroatoms. The lowest BCUT2D eigenvalue weighted by Gasteiger charge is -2.20. The van der Waals surface area contributed by atoms with Crippen molar-refractivity contribution in [3.63, 3.8) is 0 Å². The summed E-state index contributed by atoms with van der Waals surface area (Å²) in [6, 6.07) is 0. The number of nitrogens with one attached hydrogen (secondary N) is 2. The van der Waals surface area contributed by atoms with E-state index in [-0.39, 0.29) is 6.54 Å². The maximum Gasteiger partial charge on any atom is 0.426 e. The molecular formula is C8H18N4O3. The van der Waals surface area contributed by atoms with Crippen LogP contribution in [0.1, 0.15) is 20.8 Å². The largest absolute Gasteiger partial charge is 0.443 e. The molecule has 2 amide bonds. The van der Waals surface area contributed by atoms with E-state index in [2.05, 4.69) is 10.9 Å². The maximum absolute atomic E-state index is 11.1. The Hall–Kier alpha value is -1.34. The van der Waals surface area contributed by atoms with Crippen LogP contribution in [0.25, 0.3) is 0 Å². The normalized spacial score (nSPS) is 11.1. The summed E-state index contributed by atoms with van der Waals surface area (Å²) in [4.78, 5) is 22.1. The predicted molar refractivity (Wildman–Crippen MR) is 54.3 cm³/mol. The van der Waals surface area contributed by atoms with Crippen LogP contribution in [0, 0.1) is 0 Å². The summed E-state index contributed by atoms with van der Waals surface area (Å²) >= 11 is 0. The van der Waals surface area contributed by atoms with Gasteiger partial charge in [-0.25, -0.2) is 15.2 Å². The van der Waals surface area contributed by atoms with Crippen LogP contribution in [0.4, 0.5) is 4.79 Å². The Bertz CT molecular complexity index is 235. The van der Waals surface area contributed by atoms with Crippen molar-refractivity contribution in [3.8, 4) is 0 Å². The zero-order valence-corrected chi connectivity index (χ0v) is 9.46. The van der Waals surface area contributed by atoms with Gasteiger partial charge in [-0.1, -0.05) is 0 Å². The monoisotopic (exact) mass is 218 g/mol. The lowest BCUT2D eigenvalue weighted by Crippen LogP contribution is -2.48. The number of ether oxygens (including phenoxy) is 1. The van der Waals surface area contributed by atoms with Crippen LogP contribution in [-0.4, -0.2) is 36.2 Å². The Morgan fingerprint density at radius 1 is 1.33 bits per heavy atom. The molecule has 0 saturated carbocycles. The number of likely N-dealkylation sites (N-methyl/N-ethyl adjacent to an activating group) is 1. The quantitative estimate of drug-likeness (QED) is 0.422. The predicted octanol–water partition coefficient (Wildman–Crippen LogP) is -0.652. The minimum absolute atomic E-state index is 0.0181. The zero-order chi connectivity index (χ0) is 12.1. The van der Waals surface area contributed by atoms with Gasteiger partial charge in [-0.3, -0.25) is 16.1 Å². The van der Waals surface area contributed by atoms with Crippen molar-refractivity contribution in [2.75, 3.05) is 13.6 Å². The van der Waals surface area contributed by atoms with Gasteiger partial charge in [0.25, 0.3) is 5.91 Å². The molecule has 0 bridgehead atoms. The number of nitrogens with two attached hydrogens (primary N) is 1. The van der Waals surface area contributed by atoms with Gasteiger partial charge in [0.05, 0.1) is 6.54 Å². The van der Waals surface area contributed by atoms with Gasteiger partial charge in [-0.2, -0.15) is 0 Å². The minimum Gasteiger partial charge on any atom is -0.443 e. The second-order valence-electron chi connectivity index (χ2n) is 4.09. The molecule has 0 aromatic rings. The molecule has 4 N–H and O–H groups in total. The van der Waals surface area contributed by atoms with Gasteiger partial charge >= 0.3 is 6.09 Å². The molecule has 0 aliphatic carbocycles. The number of carbonyl (C=O) groups excluding carboxylic acids is 2. The number of hydrazine groups is 2. The molecule has 0 aliphatic heterocycles. The molecule has 0 rings (SSSR count). The van der Waals surface area contributed by atoms with Gasteiger partial charge in [0.15, 0.2) is 0 Å². The van der Waals surface area contributed by atoms with Crippen molar-refractivity contribution in [1.82, 2.24) is 15.9 Å². The molecule has 0 atom stereocenters. The van der Waals surface area contributed by atoms with Crippen molar-refractivity contribution in [1.29, 1.82) is 0 Å². The summed E-state index contributed by atoms with van der Waals surface area (Å²) in [5, 5.41) is 1.19. The van der Waals surface area contributed by atoms with Crippen molar-refractivity contribution in [2.24, 2.45) is 5.84 Å². The van der Waals surface area contributed by atoms with Crippen molar-refractivity contribution in [2.45, 2.75) is 26.4 Å². The van der Waals surface area contributed by atoms with Crippen LogP contribution in [0.2, 0.25) is 0 Å². The molecule has 0 heterocycles. The molecule has 7 nitrogen and oxygen atoms in total. The number of amides is 2. The van der Waals surface area contributed by atoms with Crippen LogP contribution in [-0.2, 0) is 9.53 Å². The highest BCUT2D eigenvalue weighted by molar-refractivity contribution is 5.80. The third-order valence-electron chi connectivity index (χ3n) is 1.10. The topological polar surface area (TPSA) is 96.7 Å². The fourth-order valence-corrected chi connectivity index (χ4v) is 0.690. The van der Waals surface area contributed by atoms with Crippen molar-refractivity contribution in [3.05, 3.63) is 0 Å². The van der Waals surface area contributed by atoms with E-state index < -0.39 is 17.6 Å². The molecule has 0 spiro atoms. The summed E-state index contributed by atoms with van der Waals surface area (Å²) in [7, 11) is 1.53. The van der Waals surface area contributed by atoms with E-state index in [9.17, 15) is 9.59 Å². The van der Waals surface area contributed by atoms with E-state index in [1.165, 1.54) is 12.1 Å². The summed E-state index contributed by atoms with van der Waals surface area (Å²) in [5.74, 6) is 4.80. The zero-order valence-electron chi connectivity index (χ0n) is 9.46. The first-order valence-corrected chi connectivity index (χ1v) is 4.44. The van der Waals surface area contributed by atoms with Crippen molar-refractivity contribution >= 4 is 12.0 Å². The van der Waals surface area contributed by atoms with Gasteiger partial charge in [-0.15, -0.1) is 0 Å². The maximum atomic E-state index is 11.1. The summed E-state index contributed by atoms with van der Waals surface area (Å²) < 4.78 is 4.88. The molecule has 0 aromatic heterocycles. The second kappa shape index (κ2) is 5.52. The number of hydrogen-bond donors (Lipinski definition) is 3. The van der Waals surface area contributed by atoms with E-state index >= 15 is 0 Å². The number of carbonyl (C=O) groups is 2. The first kappa shape index (κ1) is 13.7. The van der Waals surface area contributed by atoms with Gasteiger partial charge in [0, 0.05) is 7.05 Å². The summed E-state index contributed by atoms with van der Waals surface area (Å²) in [5.41, 5.74) is 3.65. The minimum atomic E-state index is -0.712. The van der Waals surface area contributed by atoms with Gasteiger partial charge < -0.3 is 4.74 Å². The first-order chi connectivity index (χ1) is 6.70. The van der Waals surface area contributed by atoms with Crippen LogP contribution >= 0.6 is 0 Å². The van der Waals surface area contributed by atoms with Crippen LogP contribution in [0.15, 0.2) is 0 Å². The second-order valence-corrected chi connectivity index (χ2v) is 4.09. The third kappa shape index (κ3) is 8.98. The Morgan fingerprint density at radius 2 is 1.87 bits per heavy atom. The number of nitrogens with zero attached hydrogens (tertiary/aromatic N) is 1. The van der Waals surface area contributed by atoms with Crippen LogP contribution in [0.3, 0.4) is 0 Å². The third-order valence-corrected chi connectivity index (χ3v) is 1.10. The smallest absolute Gasteiger partial charge is 0.426 e. The average molecular weight is 218 g/mol. The number of hydrogen-bond acceptors (Lipinski definition) is 5. The summed E-state index contributed by atoms with van der Waals surface area (Å²) in [6.45, 7) is 5.15. The Morgan fingerprint density at radius 3 is 2.27 bits per heavy atom. The van der Waals surface area contributed by atoms with E-state index in [0.717, 1.165) is 0 Å².